The van der Waals surface area contributed by atoms with E-state index in [2.05, 4.69) is 0 Å². The maximum absolute atomic E-state index is 14.0. The van der Waals surface area contributed by atoms with E-state index in [-0.39, 0.29) is 22.4 Å². The Balaban J connectivity index is 1.38. The van der Waals surface area contributed by atoms with Gasteiger partial charge >= 0.3 is 0 Å². The maximum atomic E-state index is 14.0. The zero-order valence-corrected chi connectivity index (χ0v) is 18.4. The molecule has 162 valence electrons. The summed E-state index contributed by atoms with van der Waals surface area (Å²) in [6, 6.07) is 9.89. The largest absolute Gasteiger partial charge is 0.367 e. The molecule has 0 unspecified atom stereocenters. The van der Waals surface area contributed by atoms with Gasteiger partial charge in [0, 0.05) is 44.1 Å². The zero-order valence-electron chi connectivity index (χ0n) is 16.8. The van der Waals surface area contributed by atoms with Crippen molar-refractivity contribution in [2.24, 2.45) is 0 Å². The summed E-state index contributed by atoms with van der Waals surface area (Å²) in [5, 5.41) is 0. The van der Waals surface area contributed by atoms with Crippen molar-refractivity contribution in [3.8, 4) is 0 Å². The van der Waals surface area contributed by atoms with Gasteiger partial charge in [-0.3, -0.25) is 4.79 Å². The van der Waals surface area contributed by atoms with Gasteiger partial charge in [0.25, 0.3) is 10.0 Å². The first-order valence-corrected chi connectivity index (χ1v) is 12.6. The fourth-order valence-corrected chi connectivity index (χ4v) is 6.92. The van der Waals surface area contributed by atoms with E-state index in [0.717, 1.165) is 37.2 Å². The topological polar surface area (TPSA) is 60.9 Å². The van der Waals surface area contributed by atoms with E-state index in [1.165, 1.54) is 21.7 Å². The van der Waals surface area contributed by atoms with Crippen molar-refractivity contribution in [2.75, 3.05) is 44.2 Å². The number of thiophene rings is 1. The molecule has 2 aromatic rings. The highest BCUT2D eigenvalue weighted by Crippen LogP contribution is 2.28. The first-order chi connectivity index (χ1) is 14.4. The normalized spacial score (nSPS) is 18.6. The number of benzene rings is 1. The predicted octanol–water partition coefficient (Wildman–Crippen LogP) is 2.95. The second-order valence-corrected chi connectivity index (χ2v) is 11.0. The molecule has 0 bridgehead atoms. The molecule has 2 saturated heterocycles. The first-order valence-electron chi connectivity index (χ1n) is 10.3. The van der Waals surface area contributed by atoms with Crippen LogP contribution in [0.4, 0.5) is 10.1 Å². The minimum atomic E-state index is -3.61. The third-order valence-corrected chi connectivity index (χ3v) is 9.15. The molecule has 0 radical (unpaired) electrons. The van der Waals surface area contributed by atoms with Crippen molar-refractivity contribution in [3.05, 3.63) is 47.1 Å². The molecular formula is C21H26FN3O3S2. The van der Waals surface area contributed by atoms with Crippen molar-refractivity contribution in [2.45, 2.75) is 29.9 Å². The SMILES string of the molecule is O=C(Cc1ccc(S(=O)(=O)N2CCN(c3ccccc3F)CC2)s1)N1CCCCC1. The zero-order chi connectivity index (χ0) is 21.1. The van der Waals surface area contributed by atoms with Crippen molar-refractivity contribution < 1.29 is 17.6 Å². The lowest BCUT2D eigenvalue weighted by Crippen LogP contribution is -2.48. The molecule has 1 amide bonds. The number of anilines is 1. The van der Waals surface area contributed by atoms with Gasteiger partial charge in [0.15, 0.2) is 0 Å². The summed E-state index contributed by atoms with van der Waals surface area (Å²) in [5.74, 6) is -0.228. The van der Waals surface area contributed by atoms with Crippen LogP contribution < -0.4 is 4.90 Å². The Kier molecular flexibility index (Phi) is 6.40. The molecule has 0 N–H and O–H groups in total. The first kappa shape index (κ1) is 21.3. The fourth-order valence-electron chi connectivity index (χ4n) is 4.00. The molecule has 0 aliphatic carbocycles. The van der Waals surface area contributed by atoms with Gasteiger partial charge in [0.2, 0.25) is 5.91 Å². The van der Waals surface area contributed by atoms with Gasteiger partial charge < -0.3 is 9.80 Å². The quantitative estimate of drug-likeness (QED) is 0.701. The van der Waals surface area contributed by atoms with E-state index in [1.807, 2.05) is 9.80 Å². The van der Waals surface area contributed by atoms with Gasteiger partial charge in [0.05, 0.1) is 12.1 Å². The molecule has 2 fully saturated rings. The number of rotatable bonds is 5. The number of para-hydroxylation sites is 1. The molecule has 0 saturated carbocycles. The fraction of sp³-hybridized carbons (Fsp3) is 0.476. The number of hydrogen-bond acceptors (Lipinski definition) is 5. The molecule has 4 rings (SSSR count). The number of amides is 1. The van der Waals surface area contributed by atoms with Crippen LogP contribution in [0.25, 0.3) is 0 Å². The van der Waals surface area contributed by atoms with Gasteiger partial charge in [-0.05, 0) is 43.5 Å². The van der Waals surface area contributed by atoms with Crippen LogP contribution in [0.2, 0.25) is 0 Å². The van der Waals surface area contributed by atoms with E-state index in [1.54, 1.807) is 30.3 Å². The number of carbonyl (C=O) groups is 1. The Hall–Kier alpha value is -1.97. The lowest BCUT2D eigenvalue weighted by Gasteiger charge is -2.35. The molecule has 3 heterocycles. The van der Waals surface area contributed by atoms with E-state index >= 15 is 0 Å². The smallest absolute Gasteiger partial charge is 0.252 e. The van der Waals surface area contributed by atoms with E-state index < -0.39 is 10.0 Å². The van der Waals surface area contributed by atoms with Crippen LogP contribution in [0.3, 0.4) is 0 Å². The van der Waals surface area contributed by atoms with Gasteiger partial charge in [-0.25, -0.2) is 12.8 Å². The van der Waals surface area contributed by atoms with Crippen LogP contribution in [-0.4, -0.2) is 62.8 Å². The van der Waals surface area contributed by atoms with Gasteiger partial charge in [0.1, 0.15) is 10.0 Å². The maximum Gasteiger partial charge on any atom is 0.252 e. The minimum absolute atomic E-state index is 0.0685. The number of hydrogen-bond donors (Lipinski definition) is 0. The molecule has 0 atom stereocenters. The van der Waals surface area contributed by atoms with Crippen LogP contribution >= 0.6 is 11.3 Å². The molecule has 2 aliphatic rings. The highest BCUT2D eigenvalue weighted by molar-refractivity contribution is 7.91. The summed E-state index contributed by atoms with van der Waals surface area (Å²) in [7, 11) is -3.61. The third kappa shape index (κ3) is 4.53. The van der Waals surface area contributed by atoms with Crippen molar-refractivity contribution in [1.29, 1.82) is 0 Å². The summed E-state index contributed by atoms with van der Waals surface area (Å²) in [6.45, 7) is 3.06. The van der Waals surface area contributed by atoms with Gasteiger partial charge in [-0.2, -0.15) is 4.31 Å². The monoisotopic (exact) mass is 451 g/mol. The average molecular weight is 452 g/mol. The Morgan fingerprint density at radius 1 is 0.933 bits per heavy atom. The lowest BCUT2D eigenvalue weighted by molar-refractivity contribution is -0.131. The number of sulfonamides is 1. The van der Waals surface area contributed by atoms with E-state index in [0.29, 0.717) is 31.9 Å². The van der Waals surface area contributed by atoms with Crippen LogP contribution in [0.5, 0.6) is 0 Å². The predicted molar refractivity (Wildman–Crippen MR) is 116 cm³/mol. The minimum Gasteiger partial charge on any atom is -0.367 e. The Labute approximate surface area is 180 Å². The molecule has 1 aromatic carbocycles. The van der Waals surface area contributed by atoms with Crippen LogP contribution in [-0.2, 0) is 21.2 Å². The Morgan fingerprint density at radius 3 is 2.33 bits per heavy atom. The van der Waals surface area contributed by atoms with Crippen LogP contribution in [0.1, 0.15) is 24.1 Å². The number of piperidine rings is 1. The molecular weight excluding hydrogens is 425 g/mol. The van der Waals surface area contributed by atoms with E-state index in [4.69, 9.17) is 0 Å². The number of nitrogens with zero attached hydrogens (tertiary/aromatic N) is 3. The number of piperazine rings is 1. The molecule has 6 nitrogen and oxygen atoms in total. The Morgan fingerprint density at radius 2 is 1.63 bits per heavy atom. The molecule has 9 heteroatoms. The second kappa shape index (κ2) is 9.03. The number of halogens is 1. The average Bonchev–Trinajstić information content (AvgIpc) is 3.24. The van der Waals surface area contributed by atoms with Crippen LogP contribution in [0, 0.1) is 5.82 Å². The number of carbonyl (C=O) groups excluding carboxylic acids is 1. The highest BCUT2D eigenvalue weighted by Gasteiger charge is 2.30. The van der Waals surface area contributed by atoms with Crippen molar-refractivity contribution >= 4 is 33.0 Å². The van der Waals surface area contributed by atoms with Gasteiger partial charge in [-0.15, -0.1) is 11.3 Å². The summed E-state index contributed by atoms with van der Waals surface area (Å²) in [6.07, 6.45) is 3.49. The molecule has 2 aliphatic heterocycles. The molecule has 0 spiro atoms. The lowest BCUT2D eigenvalue weighted by atomic mass is 10.1. The van der Waals surface area contributed by atoms with Crippen molar-refractivity contribution in [1.82, 2.24) is 9.21 Å². The molecule has 1 aromatic heterocycles. The Bertz CT molecular complexity index is 994. The van der Waals surface area contributed by atoms with E-state index in [9.17, 15) is 17.6 Å². The van der Waals surface area contributed by atoms with Crippen molar-refractivity contribution in [3.63, 3.8) is 0 Å². The van der Waals surface area contributed by atoms with Crippen LogP contribution in [0.15, 0.2) is 40.6 Å². The highest BCUT2D eigenvalue weighted by atomic mass is 32.2. The summed E-state index contributed by atoms with van der Waals surface area (Å²) < 4.78 is 41.8. The number of likely N-dealkylation sites (tertiary alicyclic amines) is 1. The second-order valence-electron chi connectivity index (χ2n) is 7.68. The molecule has 30 heavy (non-hydrogen) atoms. The summed E-state index contributed by atoms with van der Waals surface area (Å²) >= 11 is 1.17. The summed E-state index contributed by atoms with van der Waals surface area (Å²) in [5.41, 5.74) is 0.504. The standard InChI is InChI=1S/C21H26FN3O3S2/c22-18-6-2-3-7-19(18)23-12-14-25(15-13-23)30(27,28)21-9-8-17(29-21)16-20(26)24-10-4-1-5-11-24/h2-3,6-9H,1,4-5,10-16H2. The third-order valence-electron chi connectivity index (χ3n) is 5.70. The van der Waals surface area contributed by atoms with Gasteiger partial charge in [-0.1, -0.05) is 12.1 Å². The summed E-state index contributed by atoms with van der Waals surface area (Å²) in [4.78, 5) is 17.0.